The minimum absolute atomic E-state index is 0.0193. The second-order valence-corrected chi connectivity index (χ2v) is 8.65. The van der Waals surface area contributed by atoms with E-state index < -0.39 is 17.5 Å². The van der Waals surface area contributed by atoms with Crippen molar-refractivity contribution in [3.63, 3.8) is 0 Å². The molecule has 0 saturated heterocycles. The number of ether oxygens (including phenoxy) is 1. The Morgan fingerprint density at radius 1 is 0.971 bits per heavy atom. The molecule has 4 nitrogen and oxygen atoms in total. The van der Waals surface area contributed by atoms with E-state index in [1.54, 1.807) is 4.57 Å². The fourth-order valence-electron chi connectivity index (χ4n) is 4.56. The van der Waals surface area contributed by atoms with Crippen LogP contribution in [-0.4, -0.2) is 16.2 Å². The fraction of sp³-hybridized carbons (Fsp3) is 0.259. The Morgan fingerprint density at radius 2 is 1.74 bits per heavy atom. The molecule has 0 N–H and O–H groups in total. The first-order valence-corrected chi connectivity index (χ1v) is 11.3. The minimum atomic E-state index is -1.01. The number of fused-ring (bicyclic) bond motifs is 1. The summed E-state index contributed by atoms with van der Waals surface area (Å²) in [6.07, 6.45) is 4.69. The average molecular weight is 461 g/mol. The van der Waals surface area contributed by atoms with E-state index in [2.05, 4.69) is 4.98 Å². The summed E-state index contributed by atoms with van der Waals surface area (Å²) in [6.45, 7) is 0.607. The molecule has 0 amide bonds. The topological polar surface area (TPSA) is 50.8 Å². The van der Waals surface area contributed by atoms with Crippen LogP contribution in [0.4, 0.5) is 13.2 Å². The molecule has 0 bridgehead atoms. The van der Waals surface area contributed by atoms with E-state index in [4.69, 9.17) is 10.00 Å². The summed E-state index contributed by atoms with van der Waals surface area (Å²) in [4.78, 5) is 4.59. The molecule has 0 radical (unpaired) electrons. The molecule has 1 saturated carbocycles. The summed E-state index contributed by atoms with van der Waals surface area (Å²) >= 11 is 0. The number of aromatic nitrogens is 2. The van der Waals surface area contributed by atoms with Gasteiger partial charge in [-0.3, -0.25) is 0 Å². The summed E-state index contributed by atoms with van der Waals surface area (Å²) in [5, 5.41) is 9.04. The van der Waals surface area contributed by atoms with Crippen molar-refractivity contribution in [2.45, 2.75) is 32.2 Å². The number of imidazole rings is 1. The maximum Gasteiger partial charge on any atom is 0.161 e. The smallest absolute Gasteiger partial charge is 0.161 e. The van der Waals surface area contributed by atoms with Crippen molar-refractivity contribution >= 4 is 11.0 Å². The normalized spacial score (nSPS) is 13.9. The number of para-hydroxylation sites is 1. The van der Waals surface area contributed by atoms with Crippen LogP contribution in [0.3, 0.4) is 0 Å². The van der Waals surface area contributed by atoms with Crippen molar-refractivity contribution < 1.29 is 17.9 Å². The molecule has 5 rings (SSSR count). The molecule has 0 atom stereocenters. The van der Waals surface area contributed by atoms with Gasteiger partial charge in [0.05, 0.1) is 41.4 Å². The molecule has 34 heavy (non-hydrogen) atoms. The van der Waals surface area contributed by atoms with Crippen LogP contribution >= 0.6 is 0 Å². The monoisotopic (exact) mass is 461 g/mol. The Hall–Kier alpha value is -3.79. The third-order valence-corrected chi connectivity index (χ3v) is 6.38. The highest BCUT2D eigenvalue weighted by Crippen LogP contribution is 2.35. The van der Waals surface area contributed by atoms with Gasteiger partial charge in [-0.2, -0.15) is 5.26 Å². The van der Waals surface area contributed by atoms with E-state index >= 15 is 0 Å². The first kappa shape index (κ1) is 22.0. The van der Waals surface area contributed by atoms with Crippen LogP contribution in [0, 0.1) is 34.7 Å². The second kappa shape index (κ2) is 9.22. The third kappa shape index (κ3) is 4.24. The van der Waals surface area contributed by atoms with Crippen LogP contribution < -0.4 is 4.74 Å². The Bertz CT molecular complexity index is 1400. The minimum Gasteiger partial charge on any atom is -0.493 e. The van der Waals surface area contributed by atoms with Crippen LogP contribution in [0.1, 0.15) is 36.8 Å². The van der Waals surface area contributed by atoms with E-state index in [-0.39, 0.29) is 17.6 Å². The van der Waals surface area contributed by atoms with Crippen LogP contribution in [-0.2, 0) is 6.54 Å². The van der Waals surface area contributed by atoms with Gasteiger partial charge in [-0.25, -0.2) is 18.2 Å². The summed E-state index contributed by atoms with van der Waals surface area (Å²) < 4.78 is 50.7. The highest BCUT2D eigenvalue weighted by atomic mass is 19.2. The second-order valence-electron chi connectivity index (χ2n) is 8.65. The van der Waals surface area contributed by atoms with Crippen molar-refractivity contribution in [2.24, 2.45) is 5.92 Å². The number of hydrogen-bond acceptors (Lipinski definition) is 3. The number of nitriles is 1. The Labute approximate surface area is 195 Å². The lowest BCUT2D eigenvalue weighted by Crippen LogP contribution is -2.10. The Morgan fingerprint density at radius 3 is 2.50 bits per heavy atom. The molecule has 1 aromatic heterocycles. The molecule has 7 heteroatoms. The van der Waals surface area contributed by atoms with Crippen LogP contribution in [0.2, 0.25) is 0 Å². The van der Waals surface area contributed by atoms with Gasteiger partial charge in [0.1, 0.15) is 17.4 Å². The van der Waals surface area contributed by atoms with Gasteiger partial charge in [-0.1, -0.05) is 31.0 Å². The van der Waals surface area contributed by atoms with Crippen molar-refractivity contribution in [2.75, 3.05) is 6.61 Å². The molecular formula is C27H22F3N3O. The first-order chi connectivity index (χ1) is 16.5. The zero-order chi connectivity index (χ0) is 23.7. The predicted octanol–water partition coefficient (Wildman–Crippen LogP) is 6.61. The van der Waals surface area contributed by atoms with E-state index in [1.165, 1.54) is 25.0 Å². The molecule has 3 aromatic carbocycles. The van der Waals surface area contributed by atoms with Gasteiger partial charge in [-0.05, 0) is 43.0 Å². The van der Waals surface area contributed by atoms with E-state index in [0.29, 0.717) is 40.7 Å². The SMILES string of the molecule is N#Cc1ccc(Cn2c(-c3ccccc3OCC3CCCC3)nc3cc(F)c(F)cc32)c(F)c1. The number of halogens is 3. The number of rotatable bonds is 6. The van der Waals surface area contributed by atoms with Gasteiger partial charge < -0.3 is 9.30 Å². The summed E-state index contributed by atoms with van der Waals surface area (Å²) in [5.74, 6) is -1.02. The Kier molecular flexibility index (Phi) is 5.97. The summed E-state index contributed by atoms with van der Waals surface area (Å²) in [5.41, 5.74) is 1.76. The average Bonchev–Trinajstić information content (AvgIpc) is 3.48. The van der Waals surface area contributed by atoms with Gasteiger partial charge in [0.15, 0.2) is 11.6 Å². The number of benzene rings is 3. The molecule has 1 heterocycles. The highest BCUT2D eigenvalue weighted by molar-refractivity contribution is 5.82. The molecule has 1 aliphatic carbocycles. The lowest BCUT2D eigenvalue weighted by molar-refractivity contribution is 0.253. The number of hydrogen-bond donors (Lipinski definition) is 0. The molecule has 0 spiro atoms. The zero-order valence-electron chi connectivity index (χ0n) is 18.4. The van der Waals surface area contributed by atoms with Crippen LogP contribution in [0.15, 0.2) is 54.6 Å². The highest BCUT2D eigenvalue weighted by Gasteiger charge is 2.21. The van der Waals surface area contributed by atoms with Crippen molar-refractivity contribution in [3.8, 4) is 23.2 Å². The number of nitrogens with zero attached hydrogens (tertiary/aromatic N) is 3. The molecule has 4 aromatic rings. The van der Waals surface area contributed by atoms with Crippen LogP contribution in [0.25, 0.3) is 22.4 Å². The maximum atomic E-state index is 14.7. The molecule has 0 aliphatic heterocycles. The lowest BCUT2D eigenvalue weighted by Gasteiger charge is -2.16. The molecule has 1 fully saturated rings. The van der Waals surface area contributed by atoms with Gasteiger partial charge >= 0.3 is 0 Å². The molecule has 172 valence electrons. The summed E-state index contributed by atoms with van der Waals surface area (Å²) in [7, 11) is 0. The van der Waals surface area contributed by atoms with Gasteiger partial charge in [0, 0.05) is 17.7 Å². The van der Waals surface area contributed by atoms with Gasteiger partial charge in [-0.15, -0.1) is 0 Å². The van der Waals surface area contributed by atoms with Crippen molar-refractivity contribution in [1.29, 1.82) is 5.26 Å². The van der Waals surface area contributed by atoms with Gasteiger partial charge in [0.25, 0.3) is 0 Å². The van der Waals surface area contributed by atoms with Gasteiger partial charge in [0.2, 0.25) is 0 Å². The molecule has 0 unspecified atom stereocenters. The predicted molar refractivity (Wildman–Crippen MR) is 123 cm³/mol. The summed E-state index contributed by atoms with van der Waals surface area (Å²) in [6, 6.07) is 15.6. The fourth-order valence-corrected chi connectivity index (χ4v) is 4.56. The zero-order valence-corrected chi connectivity index (χ0v) is 18.4. The van der Waals surface area contributed by atoms with E-state index in [0.717, 1.165) is 31.0 Å². The quantitative estimate of drug-likeness (QED) is 0.325. The van der Waals surface area contributed by atoms with E-state index in [1.807, 2.05) is 30.3 Å². The molecule has 1 aliphatic rings. The largest absolute Gasteiger partial charge is 0.493 e. The maximum absolute atomic E-state index is 14.7. The Balaban J connectivity index is 1.61. The van der Waals surface area contributed by atoms with Crippen molar-refractivity contribution in [1.82, 2.24) is 9.55 Å². The lowest BCUT2D eigenvalue weighted by atomic mass is 10.1. The van der Waals surface area contributed by atoms with Crippen LogP contribution in [0.5, 0.6) is 5.75 Å². The third-order valence-electron chi connectivity index (χ3n) is 6.38. The molecular weight excluding hydrogens is 439 g/mol. The standard InChI is InChI=1S/C27H22F3N3O/c28-21-11-18(14-31)9-10-19(21)15-33-25-13-23(30)22(29)12-24(25)32-27(33)20-7-3-4-8-26(20)34-16-17-5-1-2-6-17/h3-4,7-13,17H,1-2,5-6,15-16H2. The van der Waals surface area contributed by atoms with Crippen molar-refractivity contribution in [3.05, 3.63) is 83.2 Å². The first-order valence-electron chi connectivity index (χ1n) is 11.3. The van der Waals surface area contributed by atoms with E-state index in [9.17, 15) is 13.2 Å².